The van der Waals surface area contributed by atoms with Crippen molar-refractivity contribution in [3.05, 3.63) is 46.9 Å². The van der Waals surface area contributed by atoms with Crippen LogP contribution in [0, 0.1) is 19.8 Å². The smallest absolute Gasteiger partial charge is 0.229 e. The minimum absolute atomic E-state index is 0.0824. The van der Waals surface area contributed by atoms with Crippen LogP contribution < -0.4 is 5.32 Å². The van der Waals surface area contributed by atoms with E-state index >= 15 is 0 Å². The van der Waals surface area contributed by atoms with Crippen LogP contribution in [0.15, 0.2) is 35.7 Å². The molecule has 3 nitrogen and oxygen atoms in total. The van der Waals surface area contributed by atoms with Crippen LogP contribution in [-0.4, -0.2) is 10.9 Å². The first-order valence-electron chi connectivity index (χ1n) is 7.62. The molecule has 0 radical (unpaired) electrons. The summed E-state index contributed by atoms with van der Waals surface area (Å²) < 4.78 is 0. The Hall–Kier alpha value is -1.94. The molecule has 0 bridgehead atoms. The number of aromatic nitrogens is 1. The molecule has 1 atom stereocenters. The monoisotopic (exact) mass is 312 g/mol. The van der Waals surface area contributed by atoms with Crippen molar-refractivity contribution in [2.24, 2.45) is 5.92 Å². The number of benzene rings is 1. The number of nitrogens with zero attached hydrogens (tertiary/aromatic N) is 1. The lowest BCUT2D eigenvalue weighted by atomic mass is 9.94. The number of rotatable bonds is 3. The summed E-state index contributed by atoms with van der Waals surface area (Å²) in [5, 5.41) is 5.65. The fourth-order valence-electron chi connectivity index (χ4n) is 2.60. The van der Waals surface area contributed by atoms with Crippen LogP contribution in [0.5, 0.6) is 0 Å². The van der Waals surface area contributed by atoms with E-state index in [9.17, 15) is 4.79 Å². The molecule has 0 fully saturated rings. The number of nitrogens with one attached hydrogen (secondary N) is 1. The van der Waals surface area contributed by atoms with Crippen molar-refractivity contribution in [2.45, 2.75) is 33.1 Å². The van der Waals surface area contributed by atoms with Gasteiger partial charge in [0.1, 0.15) is 0 Å². The highest BCUT2D eigenvalue weighted by Gasteiger charge is 2.19. The number of hydrogen-bond acceptors (Lipinski definition) is 3. The summed E-state index contributed by atoms with van der Waals surface area (Å²) in [6.45, 7) is 4.20. The molecular formula is C18H20N2OS. The zero-order chi connectivity index (χ0) is 15.5. The van der Waals surface area contributed by atoms with Gasteiger partial charge in [0.2, 0.25) is 5.91 Å². The first kappa shape index (κ1) is 15.0. The van der Waals surface area contributed by atoms with Gasteiger partial charge >= 0.3 is 0 Å². The second kappa shape index (κ2) is 6.44. The lowest BCUT2D eigenvalue weighted by molar-refractivity contribution is -0.120. The molecule has 114 valence electrons. The van der Waals surface area contributed by atoms with E-state index in [0.717, 1.165) is 30.5 Å². The molecule has 3 rings (SSSR count). The summed E-state index contributed by atoms with van der Waals surface area (Å²) in [5.41, 5.74) is 4.55. The third-order valence-electron chi connectivity index (χ3n) is 4.18. The van der Waals surface area contributed by atoms with E-state index in [4.69, 9.17) is 0 Å². The third kappa shape index (κ3) is 3.28. The topological polar surface area (TPSA) is 42.0 Å². The molecule has 2 aromatic rings. The van der Waals surface area contributed by atoms with Crippen molar-refractivity contribution in [2.75, 3.05) is 5.32 Å². The van der Waals surface area contributed by atoms with Crippen molar-refractivity contribution >= 4 is 22.4 Å². The van der Waals surface area contributed by atoms with E-state index in [0.29, 0.717) is 5.13 Å². The minimum Gasteiger partial charge on any atom is -0.302 e. The first-order chi connectivity index (χ1) is 10.6. The molecule has 22 heavy (non-hydrogen) atoms. The lowest BCUT2D eigenvalue weighted by Gasteiger charge is -2.15. The molecule has 0 aliphatic heterocycles. The summed E-state index contributed by atoms with van der Waals surface area (Å²) in [6.07, 6.45) is 6.99. The molecule has 1 aliphatic carbocycles. The molecule has 0 saturated carbocycles. The molecule has 1 aromatic heterocycles. The van der Waals surface area contributed by atoms with Gasteiger partial charge in [-0.15, -0.1) is 11.3 Å². The molecule has 0 saturated heterocycles. The molecule has 1 heterocycles. The number of anilines is 1. The predicted octanol–water partition coefficient (Wildman–Crippen LogP) is 4.72. The number of thiazole rings is 1. The van der Waals surface area contributed by atoms with Crippen molar-refractivity contribution in [1.82, 2.24) is 4.98 Å². The molecule has 4 heteroatoms. The van der Waals surface area contributed by atoms with E-state index in [1.54, 1.807) is 0 Å². The second-order valence-electron chi connectivity index (χ2n) is 5.81. The Morgan fingerprint density at radius 1 is 1.27 bits per heavy atom. The summed E-state index contributed by atoms with van der Waals surface area (Å²) >= 11 is 1.49. The zero-order valence-electron chi connectivity index (χ0n) is 12.9. The van der Waals surface area contributed by atoms with Gasteiger partial charge in [0.25, 0.3) is 0 Å². The molecule has 1 N–H and O–H groups in total. The average Bonchev–Trinajstić information content (AvgIpc) is 2.99. The molecule has 1 aliphatic rings. The van der Waals surface area contributed by atoms with Crippen LogP contribution in [0.25, 0.3) is 11.3 Å². The Morgan fingerprint density at radius 2 is 2.14 bits per heavy atom. The van der Waals surface area contributed by atoms with Gasteiger partial charge < -0.3 is 5.32 Å². The Balaban J connectivity index is 1.72. The fraction of sp³-hybridized carbons (Fsp3) is 0.333. The normalized spacial score (nSPS) is 17.5. The molecule has 1 aromatic carbocycles. The van der Waals surface area contributed by atoms with Crippen LogP contribution >= 0.6 is 11.3 Å². The zero-order valence-corrected chi connectivity index (χ0v) is 13.7. The lowest BCUT2D eigenvalue weighted by Crippen LogP contribution is -2.23. The van der Waals surface area contributed by atoms with Gasteiger partial charge in [0.15, 0.2) is 5.13 Å². The maximum Gasteiger partial charge on any atom is 0.229 e. The Morgan fingerprint density at radius 3 is 2.86 bits per heavy atom. The van der Waals surface area contributed by atoms with Gasteiger partial charge in [-0.2, -0.15) is 0 Å². The van der Waals surface area contributed by atoms with Gasteiger partial charge in [-0.3, -0.25) is 4.79 Å². The van der Waals surface area contributed by atoms with E-state index in [-0.39, 0.29) is 11.8 Å². The number of carbonyl (C=O) groups excluding carboxylic acids is 1. The van der Waals surface area contributed by atoms with E-state index < -0.39 is 0 Å². The Kier molecular flexibility index (Phi) is 4.39. The van der Waals surface area contributed by atoms with Gasteiger partial charge in [0.05, 0.1) is 5.69 Å². The van der Waals surface area contributed by atoms with Crippen LogP contribution in [-0.2, 0) is 4.79 Å². The average molecular weight is 312 g/mol. The summed E-state index contributed by atoms with van der Waals surface area (Å²) in [7, 11) is 0. The van der Waals surface area contributed by atoms with Crippen LogP contribution in [0.3, 0.4) is 0 Å². The van der Waals surface area contributed by atoms with Crippen molar-refractivity contribution in [3.63, 3.8) is 0 Å². The van der Waals surface area contributed by atoms with E-state index in [1.165, 1.54) is 22.5 Å². The standard InChI is InChI=1S/C18H20N2OS/c1-12-8-9-15(10-13(12)2)16-11-22-18(19-16)20-17(21)14-6-4-3-5-7-14/h3-4,8-11,14H,5-7H2,1-2H3,(H,19,20,21)/t14-/m1/s1. The highest BCUT2D eigenvalue weighted by molar-refractivity contribution is 7.14. The van der Waals surface area contributed by atoms with Crippen molar-refractivity contribution in [3.8, 4) is 11.3 Å². The molecule has 1 amide bonds. The second-order valence-corrected chi connectivity index (χ2v) is 6.67. The predicted molar refractivity (Wildman–Crippen MR) is 92.1 cm³/mol. The van der Waals surface area contributed by atoms with E-state index in [1.807, 2.05) is 5.38 Å². The first-order valence-corrected chi connectivity index (χ1v) is 8.50. The molecule has 0 spiro atoms. The largest absolute Gasteiger partial charge is 0.302 e. The number of carbonyl (C=O) groups is 1. The maximum absolute atomic E-state index is 12.2. The minimum atomic E-state index is 0.0824. The van der Waals surface area contributed by atoms with Gasteiger partial charge in [0, 0.05) is 16.9 Å². The summed E-state index contributed by atoms with van der Waals surface area (Å²) in [6, 6.07) is 6.33. The van der Waals surface area contributed by atoms with E-state index in [2.05, 4.69) is 54.5 Å². The Labute approximate surface area is 135 Å². The number of hydrogen-bond donors (Lipinski definition) is 1. The Bertz CT molecular complexity index is 718. The van der Waals surface area contributed by atoms with Crippen LogP contribution in [0.1, 0.15) is 30.4 Å². The highest BCUT2D eigenvalue weighted by Crippen LogP contribution is 2.27. The number of allylic oxidation sites excluding steroid dienone is 2. The fourth-order valence-corrected chi connectivity index (χ4v) is 3.33. The van der Waals surface area contributed by atoms with Crippen LogP contribution in [0.4, 0.5) is 5.13 Å². The van der Waals surface area contributed by atoms with Crippen LogP contribution in [0.2, 0.25) is 0 Å². The van der Waals surface area contributed by atoms with Crippen molar-refractivity contribution < 1.29 is 4.79 Å². The molecule has 0 unspecified atom stereocenters. The molecular weight excluding hydrogens is 292 g/mol. The van der Waals surface area contributed by atoms with Gasteiger partial charge in [-0.25, -0.2) is 4.98 Å². The van der Waals surface area contributed by atoms with Crippen molar-refractivity contribution in [1.29, 1.82) is 0 Å². The highest BCUT2D eigenvalue weighted by atomic mass is 32.1. The van der Waals surface area contributed by atoms with Gasteiger partial charge in [-0.1, -0.05) is 24.3 Å². The quantitative estimate of drug-likeness (QED) is 0.833. The summed E-state index contributed by atoms with van der Waals surface area (Å²) in [4.78, 5) is 16.8. The summed E-state index contributed by atoms with van der Waals surface area (Å²) in [5.74, 6) is 0.171. The number of amides is 1. The SMILES string of the molecule is Cc1ccc(-c2csc(NC(=O)[C@@H]3CC=CCC3)n2)cc1C. The maximum atomic E-state index is 12.2. The third-order valence-corrected chi connectivity index (χ3v) is 4.93. The van der Waals surface area contributed by atoms with Gasteiger partial charge in [-0.05, 0) is 50.3 Å². The number of aryl methyl sites for hydroxylation is 2.